The Kier molecular flexibility index (Phi) is 4.72. The number of nitrogens with one attached hydrogen (secondary N) is 1. The molecule has 1 fully saturated rings. The molecular weight excluding hydrogens is 328 g/mol. The highest BCUT2D eigenvalue weighted by molar-refractivity contribution is 9.10. The van der Waals surface area contributed by atoms with Gasteiger partial charge in [0.2, 0.25) is 0 Å². The van der Waals surface area contributed by atoms with E-state index in [4.69, 9.17) is 0 Å². The molecule has 0 heterocycles. The molecule has 0 unspecified atom stereocenters. The predicted octanol–water partition coefficient (Wildman–Crippen LogP) is 2.39. The second-order valence-electron chi connectivity index (χ2n) is 4.83. The quantitative estimate of drug-likeness (QED) is 0.651. The Labute approximate surface area is 124 Å². The minimum absolute atomic E-state index is 0.151. The number of aliphatic hydroxyl groups excluding tert-OH is 1. The third-order valence-electron chi connectivity index (χ3n) is 3.47. The SMILES string of the molecule is O=C(N[C@@H]1CCCC[C@H]1O)c1cccc([N+](=O)[O-])c1Br. The van der Waals surface area contributed by atoms with Crippen molar-refractivity contribution >= 4 is 27.5 Å². The van der Waals surface area contributed by atoms with Crippen LogP contribution in [0.2, 0.25) is 0 Å². The van der Waals surface area contributed by atoms with Gasteiger partial charge >= 0.3 is 0 Å². The molecule has 20 heavy (non-hydrogen) atoms. The third-order valence-corrected chi connectivity index (χ3v) is 4.30. The molecule has 0 saturated heterocycles. The van der Waals surface area contributed by atoms with Crippen molar-refractivity contribution in [2.45, 2.75) is 37.8 Å². The summed E-state index contributed by atoms with van der Waals surface area (Å²) in [5.41, 5.74) is 0.0545. The molecule has 2 rings (SSSR count). The lowest BCUT2D eigenvalue weighted by Gasteiger charge is -2.28. The van der Waals surface area contributed by atoms with Gasteiger partial charge in [-0.3, -0.25) is 14.9 Å². The van der Waals surface area contributed by atoms with Crippen molar-refractivity contribution in [3.63, 3.8) is 0 Å². The normalized spacial score (nSPS) is 22.3. The molecule has 1 aromatic carbocycles. The Morgan fingerprint density at radius 1 is 1.40 bits per heavy atom. The van der Waals surface area contributed by atoms with Crippen LogP contribution >= 0.6 is 15.9 Å². The average Bonchev–Trinajstić information content (AvgIpc) is 2.41. The summed E-state index contributed by atoms with van der Waals surface area (Å²) in [7, 11) is 0. The van der Waals surface area contributed by atoms with E-state index in [9.17, 15) is 20.0 Å². The number of hydrogen-bond donors (Lipinski definition) is 2. The number of nitro groups is 1. The minimum atomic E-state index is -0.551. The van der Waals surface area contributed by atoms with Gasteiger partial charge in [0.25, 0.3) is 11.6 Å². The van der Waals surface area contributed by atoms with Crippen molar-refractivity contribution in [2.75, 3.05) is 0 Å². The van der Waals surface area contributed by atoms with Gasteiger partial charge in [-0.2, -0.15) is 0 Å². The van der Waals surface area contributed by atoms with Gasteiger partial charge in [0.1, 0.15) is 4.47 Å². The van der Waals surface area contributed by atoms with Gasteiger partial charge in [0.15, 0.2) is 0 Å². The predicted molar refractivity (Wildman–Crippen MR) is 76.5 cm³/mol. The second kappa shape index (κ2) is 6.32. The summed E-state index contributed by atoms with van der Waals surface area (Å²) < 4.78 is 0.160. The molecule has 2 N–H and O–H groups in total. The lowest BCUT2D eigenvalue weighted by Crippen LogP contribution is -2.45. The first-order valence-electron chi connectivity index (χ1n) is 6.42. The first-order chi connectivity index (χ1) is 9.50. The van der Waals surface area contributed by atoms with E-state index in [0.29, 0.717) is 6.42 Å². The number of halogens is 1. The summed E-state index contributed by atoms with van der Waals surface area (Å²) in [5, 5.41) is 23.4. The van der Waals surface area contributed by atoms with Gasteiger partial charge in [-0.25, -0.2) is 0 Å². The Hall–Kier alpha value is -1.47. The molecule has 0 bridgehead atoms. The Bertz CT molecular complexity index is 535. The number of benzene rings is 1. The molecule has 2 atom stereocenters. The zero-order valence-electron chi connectivity index (χ0n) is 10.7. The van der Waals surface area contributed by atoms with Crippen LogP contribution in [0, 0.1) is 10.1 Å². The van der Waals surface area contributed by atoms with E-state index < -0.39 is 16.9 Å². The molecule has 7 heteroatoms. The van der Waals surface area contributed by atoms with Crippen LogP contribution in [0.3, 0.4) is 0 Å². The van der Waals surface area contributed by atoms with E-state index in [-0.39, 0.29) is 21.8 Å². The number of amides is 1. The number of rotatable bonds is 3. The maximum atomic E-state index is 12.2. The maximum Gasteiger partial charge on any atom is 0.284 e. The summed E-state index contributed by atoms with van der Waals surface area (Å²) in [6, 6.07) is 4.02. The molecule has 0 aliphatic heterocycles. The van der Waals surface area contributed by atoms with E-state index in [1.54, 1.807) is 0 Å². The van der Waals surface area contributed by atoms with Gasteiger partial charge in [-0.1, -0.05) is 18.9 Å². The molecule has 0 radical (unpaired) electrons. The van der Waals surface area contributed by atoms with Crippen LogP contribution in [0.4, 0.5) is 5.69 Å². The van der Waals surface area contributed by atoms with Gasteiger partial charge in [0, 0.05) is 6.07 Å². The van der Waals surface area contributed by atoms with E-state index in [2.05, 4.69) is 21.2 Å². The molecule has 1 aliphatic carbocycles. The van der Waals surface area contributed by atoms with Crippen LogP contribution < -0.4 is 5.32 Å². The maximum absolute atomic E-state index is 12.2. The number of aliphatic hydroxyl groups is 1. The standard InChI is InChI=1S/C13H15BrN2O4/c14-12-8(4-3-6-10(12)16(19)20)13(18)15-9-5-1-2-7-11(9)17/h3-4,6,9,11,17H,1-2,5,7H2,(H,15,18)/t9-,11-/m1/s1. The first kappa shape index (κ1) is 14.9. The fourth-order valence-electron chi connectivity index (χ4n) is 2.36. The van der Waals surface area contributed by atoms with E-state index in [0.717, 1.165) is 19.3 Å². The average molecular weight is 343 g/mol. The highest BCUT2D eigenvalue weighted by Crippen LogP contribution is 2.28. The Morgan fingerprint density at radius 2 is 2.10 bits per heavy atom. The smallest absolute Gasteiger partial charge is 0.284 e. The number of nitrogens with zero attached hydrogens (tertiary/aromatic N) is 1. The first-order valence-corrected chi connectivity index (χ1v) is 7.22. The largest absolute Gasteiger partial charge is 0.391 e. The summed E-state index contributed by atoms with van der Waals surface area (Å²) in [5.74, 6) is -0.411. The highest BCUT2D eigenvalue weighted by Gasteiger charge is 2.26. The molecule has 1 aromatic rings. The Morgan fingerprint density at radius 3 is 2.75 bits per heavy atom. The molecule has 1 amide bonds. The fourth-order valence-corrected chi connectivity index (χ4v) is 2.95. The lowest BCUT2D eigenvalue weighted by atomic mass is 9.92. The summed E-state index contributed by atoms with van der Waals surface area (Å²) in [4.78, 5) is 22.5. The van der Waals surface area contributed by atoms with Gasteiger partial charge < -0.3 is 10.4 Å². The monoisotopic (exact) mass is 342 g/mol. The minimum Gasteiger partial charge on any atom is -0.391 e. The zero-order valence-corrected chi connectivity index (χ0v) is 12.3. The lowest BCUT2D eigenvalue weighted by molar-refractivity contribution is -0.385. The number of carbonyl (C=O) groups is 1. The van der Waals surface area contributed by atoms with E-state index in [1.807, 2.05) is 0 Å². The van der Waals surface area contributed by atoms with Crippen LogP contribution in [-0.4, -0.2) is 28.1 Å². The molecule has 0 spiro atoms. The van der Waals surface area contributed by atoms with E-state index in [1.165, 1.54) is 18.2 Å². The van der Waals surface area contributed by atoms with Gasteiger partial charge in [-0.15, -0.1) is 0 Å². The Balaban J connectivity index is 2.17. The number of hydrogen-bond acceptors (Lipinski definition) is 4. The summed E-state index contributed by atoms with van der Waals surface area (Å²) >= 11 is 3.10. The molecular formula is C13H15BrN2O4. The number of nitro benzene ring substituents is 1. The molecule has 1 saturated carbocycles. The van der Waals surface area contributed by atoms with Crippen molar-refractivity contribution in [3.8, 4) is 0 Å². The topological polar surface area (TPSA) is 92.5 Å². The van der Waals surface area contributed by atoms with Crippen LogP contribution in [0.1, 0.15) is 36.0 Å². The van der Waals surface area contributed by atoms with Crippen LogP contribution in [-0.2, 0) is 0 Å². The van der Waals surface area contributed by atoms with Crippen LogP contribution in [0.25, 0.3) is 0 Å². The zero-order chi connectivity index (χ0) is 14.7. The summed E-state index contributed by atoms with van der Waals surface area (Å²) in [6.07, 6.45) is 2.75. The third kappa shape index (κ3) is 3.16. The van der Waals surface area contributed by atoms with Crippen molar-refractivity contribution in [3.05, 3.63) is 38.3 Å². The van der Waals surface area contributed by atoms with Crippen LogP contribution in [0.5, 0.6) is 0 Å². The van der Waals surface area contributed by atoms with Crippen molar-refractivity contribution in [1.29, 1.82) is 0 Å². The molecule has 1 aliphatic rings. The summed E-state index contributed by atoms with van der Waals surface area (Å²) in [6.45, 7) is 0. The molecule has 108 valence electrons. The number of carbonyl (C=O) groups excluding carboxylic acids is 1. The van der Waals surface area contributed by atoms with Crippen molar-refractivity contribution in [1.82, 2.24) is 5.32 Å². The molecule has 6 nitrogen and oxygen atoms in total. The highest BCUT2D eigenvalue weighted by atomic mass is 79.9. The van der Waals surface area contributed by atoms with Gasteiger partial charge in [0.05, 0.1) is 22.6 Å². The fraction of sp³-hybridized carbons (Fsp3) is 0.462. The van der Waals surface area contributed by atoms with Crippen LogP contribution in [0.15, 0.2) is 22.7 Å². The second-order valence-corrected chi connectivity index (χ2v) is 5.62. The van der Waals surface area contributed by atoms with E-state index >= 15 is 0 Å². The molecule has 0 aromatic heterocycles. The van der Waals surface area contributed by atoms with Crippen molar-refractivity contribution in [2.24, 2.45) is 0 Å². The van der Waals surface area contributed by atoms with Gasteiger partial charge in [-0.05, 0) is 34.8 Å². The van der Waals surface area contributed by atoms with Crippen molar-refractivity contribution < 1.29 is 14.8 Å².